The molecule has 0 saturated carbocycles. The molecule has 0 amide bonds. The smallest absolute Gasteiger partial charge is 0.871 e. The zero-order valence-electron chi connectivity index (χ0n) is 6.04. The van der Waals surface area contributed by atoms with E-state index in [0.29, 0.717) is 0 Å². The normalized spacial score (nSPS) is 7.82. The van der Waals surface area contributed by atoms with Crippen LogP contribution in [-0.2, 0) is 4.57 Å². The Kier molecular flexibility index (Phi) is 23.3. The van der Waals surface area contributed by atoms with E-state index >= 15 is 0 Å². The molecule has 11 heavy (non-hydrogen) atoms. The Morgan fingerprint density at radius 1 is 1.09 bits per heavy atom. The zero-order chi connectivity index (χ0) is 8.08. The SMILES string of the molecule is O=P(O)(O)O.[Li+].[Li+].[O-]B([O-])O. The topological polar surface area (TPSA) is 144 Å². The molecule has 0 saturated heterocycles. The summed E-state index contributed by atoms with van der Waals surface area (Å²) in [6.07, 6.45) is 0. The van der Waals surface area contributed by atoms with Gasteiger partial charge in [0.15, 0.2) is 0 Å². The van der Waals surface area contributed by atoms with E-state index in [4.69, 9.17) is 34.3 Å². The van der Waals surface area contributed by atoms with E-state index in [1.165, 1.54) is 0 Å². The van der Waals surface area contributed by atoms with Crippen molar-refractivity contribution in [2.45, 2.75) is 0 Å². The molecule has 0 aliphatic rings. The summed E-state index contributed by atoms with van der Waals surface area (Å²) in [6.45, 7) is 0. The van der Waals surface area contributed by atoms with Crippen molar-refractivity contribution in [3.05, 3.63) is 0 Å². The minimum Gasteiger partial charge on any atom is -0.871 e. The van der Waals surface area contributed by atoms with Crippen molar-refractivity contribution in [3.63, 3.8) is 0 Å². The number of hydrogen-bond donors (Lipinski definition) is 4. The Labute approximate surface area is 87.2 Å². The first-order valence-electron chi connectivity index (χ1n) is 1.51. The molecule has 0 rings (SSSR count). The van der Waals surface area contributed by atoms with Crippen molar-refractivity contribution in [2.24, 2.45) is 0 Å². The zero-order valence-corrected chi connectivity index (χ0v) is 6.93. The fourth-order valence-corrected chi connectivity index (χ4v) is 0. The summed E-state index contributed by atoms with van der Waals surface area (Å²) in [5, 5.41) is 24.0. The second-order valence-electron chi connectivity index (χ2n) is 0.820. The van der Waals surface area contributed by atoms with Gasteiger partial charge in [0.1, 0.15) is 0 Å². The molecular formula is H4BLi2O7P. The summed E-state index contributed by atoms with van der Waals surface area (Å²) in [6, 6.07) is 0. The van der Waals surface area contributed by atoms with Crippen LogP contribution in [0.3, 0.4) is 0 Å². The molecule has 0 bridgehead atoms. The molecule has 0 atom stereocenters. The summed E-state index contributed by atoms with van der Waals surface area (Å²) in [4.78, 5) is 21.6. The number of phosphoric acid groups is 1. The quantitative estimate of drug-likeness (QED) is 0.209. The van der Waals surface area contributed by atoms with Gasteiger partial charge in [-0.3, -0.25) is 0 Å². The van der Waals surface area contributed by atoms with Crippen LogP contribution in [0.1, 0.15) is 0 Å². The fourth-order valence-electron chi connectivity index (χ4n) is 0. The number of rotatable bonds is 0. The van der Waals surface area contributed by atoms with E-state index in [-0.39, 0.29) is 37.7 Å². The molecule has 0 aromatic heterocycles. The Morgan fingerprint density at radius 2 is 1.09 bits per heavy atom. The predicted molar refractivity (Wildman–Crippen MR) is 22.2 cm³/mol. The fraction of sp³-hybridized carbons (Fsp3) is 0. The van der Waals surface area contributed by atoms with Crippen LogP contribution in [-0.4, -0.2) is 27.0 Å². The van der Waals surface area contributed by atoms with Gasteiger partial charge in [-0.05, 0) is 0 Å². The molecule has 56 valence electrons. The largest absolute Gasteiger partial charge is 1.00 e. The van der Waals surface area contributed by atoms with Crippen molar-refractivity contribution in [3.8, 4) is 0 Å². The van der Waals surface area contributed by atoms with E-state index in [0.717, 1.165) is 0 Å². The van der Waals surface area contributed by atoms with Crippen LogP contribution in [0.15, 0.2) is 0 Å². The molecule has 4 N–H and O–H groups in total. The van der Waals surface area contributed by atoms with Crippen LogP contribution in [0.4, 0.5) is 0 Å². The summed E-state index contributed by atoms with van der Waals surface area (Å²) < 4.78 is 8.88. The first kappa shape index (κ1) is 22.8. The third kappa shape index (κ3) is 616. The van der Waals surface area contributed by atoms with Gasteiger partial charge in [0, 0.05) is 0 Å². The van der Waals surface area contributed by atoms with Crippen molar-refractivity contribution >= 4 is 15.1 Å². The molecule has 0 aliphatic carbocycles. The summed E-state index contributed by atoms with van der Waals surface area (Å²) >= 11 is 0. The third-order valence-electron chi connectivity index (χ3n) is 0. The Bertz CT molecular complexity index is 87.6. The van der Waals surface area contributed by atoms with Crippen LogP contribution in [0.5, 0.6) is 0 Å². The molecule has 0 spiro atoms. The predicted octanol–water partition coefficient (Wildman–Crippen LogP) is -10.2. The van der Waals surface area contributed by atoms with Gasteiger partial charge < -0.3 is 29.8 Å². The molecule has 0 unspecified atom stereocenters. The summed E-state index contributed by atoms with van der Waals surface area (Å²) in [5.74, 6) is 0. The third-order valence-corrected chi connectivity index (χ3v) is 0. The second-order valence-corrected chi connectivity index (χ2v) is 1.85. The molecule has 0 fully saturated rings. The van der Waals surface area contributed by atoms with Crippen molar-refractivity contribution in [2.75, 3.05) is 0 Å². The van der Waals surface area contributed by atoms with E-state index in [2.05, 4.69) is 0 Å². The van der Waals surface area contributed by atoms with E-state index in [1.54, 1.807) is 0 Å². The Balaban J connectivity index is -0.0000000383. The molecule has 0 aliphatic heterocycles. The van der Waals surface area contributed by atoms with Gasteiger partial charge in [-0.15, -0.1) is 0 Å². The van der Waals surface area contributed by atoms with Gasteiger partial charge in [-0.25, -0.2) is 4.57 Å². The molecular weight excluding hydrogens is 168 g/mol. The average molecular weight is 172 g/mol. The van der Waals surface area contributed by atoms with Crippen LogP contribution >= 0.6 is 7.82 Å². The molecule has 0 heterocycles. The van der Waals surface area contributed by atoms with Gasteiger partial charge in [0.25, 0.3) is 0 Å². The standard InChI is InChI=1S/BHO3.2Li.H3O4P/c2-1(3)4;;;1-5(2,3)4/h2H;;;(H3,1,2,3,4)/q-2;2*+1;. The van der Waals surface area contributed by atoms with E-state index in [9.17, 15) is 0 Å². The van der Waals surface area contributed by atoms with Crippen LogP contribution in [0, 0.1) is 0 Å². The van der Waals surface area contributed by atoms with Crippen LogP contribution in [0.2, 0.25) is 0 Å². The summed E-state index contributed by atoms with van der Waals surface area (Å²) in [5.41, 5.74) is 0. The van der Waals surface area contributed by atoms with Gasteiger partial charge >= 0.3 is 45.5 Å². The van der Waals surface area contributed by atoms with Crippen molar-refractivity contribution < 1.29 is 72.0 Å². The number of hydrogen-bond acceptors (Lipinski definition) is 4. The van der Waals surface area contributed by atoms with Crippen molar-refractivity contribution in [1.82, 2.24) is 0 Å². The minimum absolute atomic E-state index is 0. The van der Waals surface area contributed by atoms with Gasteiger partial charge in [0.2, 0.25) is 0 Å². The van der Waals surface area contributed by atoms with Crippen molar-refractivity contribution in [1.29, 1.82) is 0 Å². The first-order chi connectivity index (χ1) is 3.73. The molecule has 7 nitrogen and oxygen atoms in total. The molecule has 0 radical (unpaired) electrons. The van der Waals surface area contributed by atoms with Gasteiger partial charge in [-0.1, -0.05) is 0 Å². The summed E-state index contributed by atoms with van der Waals surface area (Å²) in [7, 11) is -7.31. The maximum Gasteiger partial charge on any atom is 1.00 e. The minimum atomic E-state index is -4.64. The maximum absolute atomic E-state index is 8.88. The van der Waals surface area contributed by atoms with E-state index < -0.39 is 15.1 Å². The molecule has 0 aromatic carbocycles. The van der Waals surface area contributed by atoms with Gasteiger partial charge in [-0.2, -0.15) is 0 Å². The molecule has 0 aromatic rings. The maximum atomic E-state index is 8.88. The molecule has 11 heteroatoms. The Hall–Kier alpha value is 1.25. The first-order valence-corrected chi connectivity index (χ1v) is 3.08. The van der Waals surface area contributed by atoms with Gasteiger partial charge in [0.05, 0.1) is 7.32 Å². The van der Waals surface area contributed by atoms with Crippen LogP contribution < -0.4 is 47.8 Å². The Morgan fingerprint density at radius 3 is 1.09 bits per heavy atom. The second kappa shape index (κ2) is 11.2. The monoisotopic (exact) mass is 172 g/mol. The average Bonchev–Trinajstić information content (AvgIpc) is 1.19. The van der Waals surface area contributed by atoms with E-state index in [1.807, 2.05) is 0 Å². The van der Waals surface area contributed by atoms with Crippen LogP contribution in [0.25, 0.3) is 0 Å².